The third-order valence-corrected chi connectivity index (χ3v) is 2.32. The van der Waals surface area contributed by atoms with Crippen molar-refractivity contribution in [3.8, 4) is 0 Å². The molecule has 1 atom stereocenters. The lowest BCUT2D eigenvalue weighted by Gasteiger charge is -2.06. The Morgan fingerprint density at radius 2 is 1.56 bits per heavy atom. The van der Waals surface area contributed by atoms with Crippen molar-refractivity contribution < 1.29 is 24.9 Å². The molecule has 0 fully saturated rings. The van der Waals surface area contributed by atoms with Gasteiger partial charge in [-0.15, -0.1) is 0 Å². The van der Waals surface area contributed by atoms with Gasteiger partial charge >= 0.3 is 11.9 Å². The molecule has 0 aliphatic heterocycles. The summed E-state index contributed by atoms with van der Waals surface area (Å²) in [6.45, 7) is 1.69. The Labute approximate surface area is 108 Å². The van der Waals surface area contributed by atoms with Crippen LogP contribution in [0.3, 0.4) is 0 Å². The Morgan fingerprint density at radius 3 is 1.94 bits per heavy atom. The maximum absolute atomic E-state index is 10.1. The summed E-state index contributed by atoms with van der Waals surface area (Å²) in [4.78, 5) is 19.4. The van der Waals surface area contributed by atoms with Gasteiger partial charge in [-0.05, 0) is 19.3 Å². The topological polar surface area (TPSA) is 121 Å². The van der Waals surface area contributed by atoms with E-state index in [1.807, 2.05) is 6.92 Å². The molecule has 108 valence electrons. The van der Waals surface area contributed by atoms with Crippen LogP contribution in [0.5, 0.6) is 0 Å². The summed E-state index contributed by atoms with van der Waals surface area (Å²) in [6.07, 6.45) is 5.54. The van der Waals surface area contributed by atoms with E-state index < -0.39 is 11.9 Å². The first-order valence-electron chi connectivity index (χ1n) is 6.25. The number of carbonyl (C=O) groups is 2. The Bertz CT molecular complexity index is 221. The number of unbranched alkanes of at least 4 members (excludes halogenated alkanes) is 3. The first-order valence-corrected chi connectivity index (χ1v) is 6.25. The fraction of sp³-hybridized carbons (Fsp3) is 0.833. The molecule has 0 aromatic carbocycles. The third-order valence-electron chi connectivity index (χ3n) is 2.32. The molecule has 18 heavy (non-hydrogen) atoms. The maximum Gasteiger partial charge on any atom is 0.317 e. The second-order valence-corrected chi connectivity index (χ2v) is 4.01. The van der Waals surface area contributed by atoms with Crippen LogP contribution in [0.2, 0.25) is 0 Å². The number of aliphatic hydroxyl groups is 1. The number of rotatable bonds is 9. The zero-order valence-electron chi connectivity index (χ0n) is 11.0. The van der Waals surface area contributed by atoms with Crippen LogP contribution in [0.4, 0.5) is 0 Å². The zero-order chi connectivity index (χ0) is 14.4. The molecular weight excluding hydrogens is 238 g/mol. The van der Waals surface area contributed by atoms with E-state index in [1.54, 1.807) is 0 Å². The molecule has 5 N–H and O–H groups in total. The van der Waals surface area contributed by atoms with E-state index in [4.69, 9.17) is 10.2 Å². The highest BCUT2D eigenvalue weighted by atomic mass is 16.4. The summed E-state index contributed by atoms with van der Waals surface area (Å²) in [5.74, 6) is -1.68. The SMILES string of the molecule is CCC(O)CCCCCCC(=O)O.NCC(=O)O. The average molecular weight is 263 g/mol. The van der Waals surface area contributed by atoms with E-state index in [9.17, 15) is 14.7 Å². The van der Waals surface area contributed by atoms with Gasteiger partial charge in [-0.3, -0.25) is 9.59 Å². The number of hydrogen-bond acceptors (Lipinski definition) is 4. The van der Waals surface area contributed by atoms with E-state index in [-0.39, 0.29) is 19.1 Å². The standard InChI is InChI=1S/C10H20O3.C2H5NO2/c1-2-9(11)7-5-3-4-6-8-10(12)13;3-1-2(4)5/h9,11H,2-8H2,1H3,(H,12,13);1,3H2,(H,4,5). The number of carboxylic acid groups (broad SMARTS) is 2. The quantitative estimate of drug-likeness (QED) is 0.464. The number of hydrogen-bond donors (Lipinski definition) is 4. The van der Waals surface area contributed by atoms with Crippen LogP contribution in [0.25, 0.3) is 0 Å². The molecule has 0 saturated heterocycles. The minimum Gasteiger partial charge on any atom is -0.481 e. The number of nitrogens with two attached hydrogens (primary N) is 1. The number of aliphatic carboxylic acids is 2. The molecule has 6 heteroatoms. The Balaban J connectivity index is 0. The van der Waals surface area contributed by atoms with Crippen LogP contribution in [0.15, 0.2) is 0 Å². The third kappa shape index (κ3) is 20.3. The highest BCUT2D eigenvalue weighted by Crippen LogP contribution is 2.08. The predicted octanol–water partition coefficient (Wildman–Crippen LogP) is 1.21. The van der Waals surface area contributed by atoms with E-state index >= 15 is 0 Å². The molecule has 1 unspecified atom stereocenters. The Hall–Kier alpha value is -1.14. The van der Waals surface area contributed by atoms with Crippen molar-refractivity contribution in [2.75, 3.05) is 6.54 Å². The highest BCUT2D eigenvalue weighted by molar-refractivity contribution is 5.68. The van der Waals surface area contributed by atoms with E-state index in [1.165, 1.54) is 0 Å². The summed E-state index contributed by atoms with van der Waals surface area (Å²) < 4.78 is 0. The fourth-order valence-electron chi connectivity index (χ4n) is 1.21. The first-order chi connectivity index (χ1) is 8.43. The van der Waals surface area contributed by atoms with Crippen molar-refractivity contribution in [3.05, 3.63) is 0 Å². The minimum absolute atomic E-state index is 0.167. The second kappa shape index (κ2) is 13.9. The largest absolute Gasteiger partial charge is 0.481 e. The molecule has 0 radical (unpaired) electrons. The Kier molecular flexibility index (Phi) is 14.9. The van der Waals surface area contributed by atoms with Crippen molar-refractivity contribution >= 4 is 11.9 Å². The van der Waals surface area contributed by atoms with Gasteiger partial charge in [-0.2, -0.15) is 0 Å². The van der Waals surface area contributed by atoms with Crippen LogP contribution in [0, 0.1) is 0 Å². The summed E-state index contributed by atoms with van der Waals surface area (Å²) in [7, 11) is 0. The van der Waals surface area contributed by atoms with Crippen molar-refractivity contribution in [2.45, 2.75) is 58.0 Å². The van der Waals surface area contributed by atoms with Gasteiger partial charge in [0.25, 0.3) is 0 Å². The monoisotopic (exact) mass is 263 g/mol. The van der Waals surface area contributed by atoms with E-state index in [0.717, 1.165) is 38.5 Å². The normalized spacial score (nSPS) is 11.3. The van der Waals surface area contributed by atoms with Crippen LogP contribution in [0.1, 0.15) is 51.9 Å². The second-order valence-electron chi connectivity index (χ2n) is 4.01. The molecule has 0 rings (SSSR count). The zero-order valence-corrected chi connectivity index (χ0v) is 11.0. The molecule has 0 aromatic rings. The van der Waals surface area contributed by atoms with Crippen LogP contribution >= 0.6 is 0 Å². The number of carboxylic acids is 2. The fourth-order valence-corrected chi connectivity index (χ4v) is 1.21. The van der Waals surface area contributed by atoms with Crippen LogP contribution < -0.4 is 5.73 Å². The summed E-state index contributed by atoms with van der Waals surface area (Å²) in [6, 6.07) is 0. The van der Waals surface area contributed by atoms with Gasteiger partial charge in [0.2, 0.25) is 0 Å². The van der Waals surface area contributed by atoms with Gasteiger partial charge in [-0.1, -0.05) is 26.2 Å². The average Bonchev–Trinajstić information content (AvgIpc) is 2.33. The smallest absolute Gasteiger partial charge is 0.317 e. The van der Waals surface area contributed by atoms with E-state index in [2.05, 4.69) is 5.73 Å². The number of aliphatic hydroxyl groups excluding tert-OH is 1. The van der Waals surface area contributed by atoms with Crippen molar-refractivity contribution in [1.82, 2.24) is 0 Å². The first kappa shape index (κ1) is 19.2. The predicted molar refractivity (Wildman–Crippen MR) is 68.3 cm³/mol. The van der Waals surface area contributed by atoms with Crippen molar-refractivity contribution in [2.24, 2.45) is 5.73 Å². The van der Waals surface area contributed by atoms with Gasteiger partial charge in [0.05, 0.1) is 12.6 Å². The lowest BCUT2D eigenvalue weighted by molar-refractivity contribution is -0.137. The van der Waals surface area contributed by atoms with Gasteiger partial charge in [-0.25, -0.2) is 0 Å². The van der Waals surface area contributed by atoms with Gasteiger partial charge in [0, 0.05) is 6.42 Å². The lowest BCUT2D eigenvalue weighted by atomic mass is 10.1. The molecule has 0 aliphatic rings. The summed E-state index contributed by atoms with van der Waals surface area (Å²) >= 11 is 0. The molecule has 0 saturated carbocycles. The lowest BCUT2D eigenvalue weighted by Crippen LogP contribution is -2.10. The van der Waals surface area contributed by atoms with Gasteiger partial charge < -0.3 is 21.1 Å². The van der Waals surface area contributed by atoms with Gasteiger partial charge in [0.1, 0.15) is 0 Å². The van der Waals surface area contributed by atoms with Crippen LogP contribution in [-0.2, 0) is 9.59 Å². The molecule has 0 spiro atoms. The molecule has 0 aliphatic carbocycles. The van der Waals surface area contributed by atoms with Gasteiger partial charge in [0.15, 0.2) is 0 Å². The molecular formula is C12H25NO5. The summed E-state index contributed by atoms with van der Waals surface area (Å²) in [5, 5.41) is 25.2. The maximum atomic E-state index is 10.1. The van der Waals surface area contributed by atoms with Crippen LogP contribution in [-0.4, -0.2) is 39.9 Å². The molecule has 0 bridgehead atoms. The minimum atomic E-state index is -0.968. The van der Waals surface area contributed by atoms with Crippen molar-refractivity contribution in [1.29, 1.82) is 0 Å². The Morgan fingerprint density at radius 1 is 1.06 bits per heavy atom. The highest BCUT2D eigenvalue weighted by Gasteiger charge is 2.00. The molecule has 0 heterocycles. The van der Waals surface area contributed by atoms with Crippen molar-refractivity contribution in [3.63, 3.8) is 0 Å². The summed E-state index contributed by atoms with van der Waals surface area (Å²) in [5.41, 5.74) is 4.57. The van der Waals surface area contributed by atoms with E-state index in [0.29, 0.717) is 0 Å². The molecule has 0 aromatic heterocycles. The molecule has 6 nitrogen and oxygen atoms in total. The molecule has 0 amide bonds.